The highest BCUT2D eigenvalue weighted by atomic mass is 32.2. The second-order valence-corrected chi connectivity index (χ2v) is 12.6. The van der Waals surface area contributed by atoms with Crippen LogP contribution in [0.25, 0.3) is 0 Å². The zero-order valence-electron chi connectivity index (χ0n) is 22.3. The molecule has 2 aliphatic rings. The number of pyridine rings is 1. The number of hydrogen-bond acceptors (Lipinski definition) is 6. The Bertz CT molecular complexity index is 1670. The molecule has 0 saturated heterocycles. The normalized spacial score (nSPS) is 22.8. The van der Waals surface area contributed by atoms with Crippen LogP contribution in [0.2, 0.25) is 0 Å². The van der Waals surface area contributed by atoms with E-state index >= 15 is 0 Å². The van der Waals surface area contributed by atoms with Crippen molar-refractivity contribution < 1.29 is 52.0 Å². The van der Waals surface area contributed by atoms with Gasteiger partial charge in [0.05, 0.1) is 11.2 Å². The van der Waals surface area contributed by atoms with Crippen LogP contribution in [0.15, 0.2) is 41.5 Å². The molecular weight excluding hydrogens is 564 g/mol. The number of ether oxygens (including phenoxy) is 1. The van der Waals surface area contributed by atoms with Gasteiger partial charge in [0.1, 0.15) is 10.6 Å². The molecule has 4 rings (SSSR count). The summed E-state index contributed by atoms with van der Waals surface area (Å²) in [5, 5.41) is 0. The lowest BCUT2D eigenvalue weighted by atomic mass is 9.98. The van der Waals surface area contributed by atoms with E-state index in [0.717, 1.165) is 25.2 Å². The Morgan fingerprint density at radius 2 is 1.79 bits per heavy atom. The molecule has 0 saturated carbocycles. The number of fused-ring (bicyclic) bond motifs is 1. The molecule has 38 heavy (non-hydrogen) atoms. The van der Waals surface area contributed by atoms with Gasteiger partial charge in [-0.1, -0.05) is 18.2 Å². The Hall–Kier alpha value is -3.01. The first kappa shape index (κ1) is 24.1. The zero-order valence-corrected chi connectivity index (χ0v) is 20.9. The van der Waals surface area contributed by atoms with Gasteiger partial charge in [-0.2, -0.15) is 22.0 Å². The monoisotopic (exact) mass is 588 g/mol. The summed E-state index contributed by atoms with van der Waals surface area (Å²) in [6.45, 7) is 0.763. The van der Waals surface area contributed by atoms with E-state index in [1.165, 1.54) is 0 Å². The molecule has 1 N–H and O–H groups in total. The molecule has 2 heterocycles. The lowest BCUT2D eigenvalue weighted by Crippen LogP contribution is -2.52. The summed E-state index contributed by atoms with van der Waals surface area (Å²) < 4.78 is 163. The molecule has 2 aromatic heterocycles. The summed E-state index contributed by atoms with van der Waals surface area (Å²) in [5.41, 5.74) is -3.50. The fourth-order valence-corrected chi connectivity index (χ4v) is 7.49. The fraction of sp³-hybridized carbons (Fsp3) is 0.409. The van der Waals surface area contributed by atoms with E-state index < -0.39 is 71.9 Å². The van der Waals surface area contributed by atoms with Gasteiger partial charge in [0, 0.05) is 18.0 Å². The number of nitrogens with zero attached hydrogens (tertiary/aromatic N) is 2. The maximum atomic E-state index is 14.9. The van der Waals surface area contributed by atoms with Gasteiger partial charge in [0.15, 0.2) is 16.3 Å². The lowest BCUT2D eigenvalue weighted by Gasteiger charge is -2.34. The number of aromatic nitrogens is 2. The largest absolute Gasteiger partial charge is 0.479 e. The maximum Gasteiger partial charge on any atom is 0.436 e. The molecule has 1 unspecified atom stereocenters. The molecule has 208 valence electrons. The third-order valence-corrected chi connectivity index (χ3v) is 10.1. The maximum absolute atomic E-state index is 14.9. The number of halogens is 6. The molecule has 8 nitrogen and oxygen atoms in total. The van der Waals surface area contributed by atoms with Gasteiger partial charge >= 0.3 is 6.18 Å². The third kappa shape index (κ3) is 4.36. The minimum atomic E-state index is -5.40. The van der Waals surface area contributed by atoms with Gasteiger partial charge in [-0.3, -0.25) is 4.72 Å². The van der Waals surface area contributed by atoms with Gasteiger partial charge in [-0.05, 0) is 44.2 Å². The molecule has 2 aliphatic carbocycles. The Morgan fingerprint density at radius 3 is 2.42 bits per heavy atom. The van der Waals surface area contributed by atoms with Gasteiger partial charge < -0.3 is 4.74 Å². The van der Waals surface area contributed by atoms with E-state index in [1.807, 2.05) is 0 Å². The summed E-state index contributed by atoms with van der Waals surface area (Å²) in [7, 11) is -13.5. The summed E-state index contributed by atoms with van der Waals surface area (Å²) >= 11 is 0. The van der Waals surface area contributed by atoms with Gasteiger partial charge in [-0.15, -0.1) is 0 Å². The Labute approximate surface area is 218 Å². The lowest BCUT2D eigenvalue weighted by molar-refractivity contribution is -0.143. The summed E-state index contributed by atoms with van der Waals surface area (Å²) in [5.74, 6) is -7.40. The Balaban J connectivity index is 1.87. The van der Waals surface area contributed by atoms with E-state index in [0.29, 0.717) is 29.1 Å². The quantitative estimate of drug-likeness (QED) is 0.501. The molecule has 0 fully saturated rings. The molecule has 0 bridgehead atoms. The van der Waals surface area contributed by atoms with E-state index in [-0.39, 0.29) is 30.2 Å². The van der Waals surface area contributed by atoms with Crippen molar-refractivity contribution in [2.24, 2.45) is 0 Å². The number of nitrogens with one attached hydrogen (secondary N) is 1. The molecular formula is C22H21F6N3O5S2. The van der Waals surface area contributed by atoms with Gasteiger partial charge in [0.2, 0.25) is 5.88 Å². The molecule has 2 aromatic rings. The molecule has 0 aliphatic heterocycles. The SMILES string of the molecule is [2H]C([2H])([2H])Oc1nc(C(F)(F)F)c(F)cc1NS(=O)(=O)c1cn(S(=O)(=O)C2(C)C=CC=CC2(F)F)c2c1CCCC2. The molecule has 0 spiro atoms. The van der Waals surface area contributed by atoms with E-state index in [9.17, 15) is 43.2 Å². The predicted octanol–water partition coefficient (Wildman–Crippen LogP) is 4.43. The number of anilines is 1. The van der Waals surface area contributed by atoms with Crippen LogP contribution in [-0.4, -0.2) is 43.5 Å². The fourth-order valence-electron chi connectivity index (χ4n) is 4.28. The summed E-state index contributed by atoms with van der Waals surface area (Å²) in [6.07, 6.45) is -0.894. The zero-order chi connectivity index (χ0) is 30.8. The average molecular weight is 589 g/mol. The van der Waals surface area contributed by atoms with Crippen LogP contribution >= 0.6 is 0 Å². The standard InChI is InChI=1S/C22H21F6N3O5S2/c1-20(9-5-6-10-21(20,24)25)38(34,35)31-12-17(13-7-3-4-8-16(13)31)37(32,33)30-15-11-14(23)18(22(26,27)28)29-19(15)36-2/h5-6,9-12,30H,3-4,7-8H2,1-2H3/i2D3. The van der Waals surface area contributed by atoms with E-state index in [1.54, 1.807) is 4.72 Å². The number of sulfonamides is 1. The predicted molar refractivity (Wildman–Crippen MR) is 124 cm³/mol. The Morgan fingerprint density at radius 1 is 1.13 bits per heavy atom. The summed E-state index contributed by atoms with van der Waals surface area (Å²) in [4.78, 5) is 2.07. The number of allylic oxidation sites excluding steroid dienone is 3. The van der Waals surface area contributed by atoms with Crippen molar-refractivity contribution in [1.29, 1.82) is 0 Å². The van der Waals surface area contributed by atoms with E-state index in [2.05, 4.69) is 9.72 Å². The number of methoxy groups -OCH3 is 1. The highest BCUT2D eigenvalue weighted by Crippen LogP contribution is 2.43. The van der Waals surface area contributed by atoms with Crippen molar-refractivity contribution in [2.45, 2.75) is 54.3 Å². The molecule has 1 atom stereocenters. The number of alkyl halides is 5. The first-order valence-corrected chi connectivity index (χ1v) is 13.8. The smallest absolute Gasteiger partial charge is 0.436 e. The van der Waals surface area contributed by atoms with E-state index in [4.69, 9.17) is 4.11 Å². The molecule has 16 heteroatoms. The van der Waals surface area contributed by atoms with Crippen molar-refractivity contribution in [3.8, 4) is 5.88 Å². The molecule has 0 aromatic carbocycles. The molecule has 0 amide bonds. The van der Waals surface area contributed by atoms with Crippen molar-refractivity contribution in [3.05, 3.63) is 59.3 Å². The minimum absolute atomic E-state index is 0.00931. The average Bonchev–Trinajstić information content (AvgIpc) is 3.22. The van der Waals surface area contributed by atoms with Crippen molar-refractivity contribution in [3.63, 3.8) is 0 Å². The first-order valence-electron chi connectivity index (χ1n) is 12.3. The van der Waals surface area contributed by atoms with Crippen LogP contribution < -0.4 is 9.46 Å². The second kappa shape index (κ2) is 9.03. The first-order chi connectivity index (χ1) is 18.6. The number of hydrogen-bond donors (Lipinski definition) is 1. The second-order valence-electron chi connectivity index (χ2n) is 8.75. The van der Waals surface area contributed by atoms with Crippen molar-refractivity contribution in [1.82, 2.24) is 8.96 Å². The number of rotatable bonds is 6. The van der Waals surface area contributed by atoms with Crippen LogP contribution in [0.1, 0.15) is 40.8 Å². The van der Waals surface area contributed by atoms with Crippen molar-refractivity contribution >= 4 is 25.7 Å². The third-order valence-electron chi connectivity index (χ3n) is 6.36. The highest BCUT2D eigenvalue weighted by molar-refractivity contribution is 7.93. The Kier molecular flexibility index (Phi) is 5.72. The van der Waals surface area contributed by atoms with Crippen LogP contribution in [-0.2, 0) is 39.1 Å². The van der Waals surface area contributed by atoms with Crippen LogP contribution in [0.4, 0.5) is 32.0 Å². The van der Waals surface area contributed by atoms with Crippen molar-refractivity contribution in [2.75, 3.05) is 11.8 Å². The molecule has 0 radical (unpaired) electrons. The topological polar surface area (TPSA) is 107 Å². The summed E-state index contributed by atoms with van der Waals surface area (Å²) in [6, 6.07) is 0.00931. The van der Waals surface area contributed by atoms with Gasteiger partial charge in [-0.25, -0.2) is 30.2 Å². The van der Waals surface area contributed by atoms with Crippen LogP contribution in [0.5, 0.6) is 5.88 Å². The minimum Gasteiger partial charge on any atom is -0.479 e. The van der Waals surface area contributed by atoms with Crippen LogP contribution in [0.3, 0.4) is 0 Å². The highest BCUT2D eigenvalue weighted by Gasteiger charge is 2.58. The van der Waals surface area contributed by atoms with Gasteiger partial charge in [0.25, 0.3) is 26.0 Å². The van der Waals surface area contributed by atoms with Crippen LogP contribution in [0, 0.1) is 5.82 Å².